The van der Waals surface area contributed by atoms with E-state index in [1.54, 1.807) is 25.1 Å². The maximum absolute atomic E-state index is 13.3. The van der Waals surface area contributed by atoms with Crippen molar-refractivity contribution in [1.82, 2.24) is 10.1 Å². The Morgan fingerprint density at radius 3 is 2.65 bits per heavy atom. The molecule has 12 heteroatoms. The van der Waals surface area contributed by atoms with E-state index in [1.165, 1.54) is 31.3 Å². The molecule has 2 aromatic carbocycles. The number of sulfonamides is 1. The van der Waals surface area contributed by atoms with Crippen molar-refractivity contribution >= 4 is 27.3 Å². The standard InChI is InChI=1S/C22H24N4O7S/c1-5-21-23-20(24-33-21)11-26-16-8-13(2)19(10-18(16)32-12-22(26)27)34(28,29)25-15-9-14(30-3)6-7-17(15)31-4/h6-10,25H,5,11-12H2,1-4H3. The number of aryl methyl sites for hydroxylation is 2. The zero-order chi connectivity index (χ0) is 24.5. The van der Waals surface area contributed by atoms with Gasteiger partial charge >= 0.3 is 0 Å². The maximum atomic E-state index is 13.3. The zero-order valence-corrected chi connectivity index (χ0v) is 19.9. The van der Waals surface area contributed by atoms with E-state index in [2.05, 4.69) is 14.9 Å². The highest BCUT2D eigenvalue weighted by atomic mass is 32.2. The van der Waals surface area contributed by atoms with Gasteiger partial charge in [-0.05, 0) is 30.7 Å². The summed E-state index contributed by atoms with van der Waals surface area (Å²) < 4.78 is 50.2. The number of methoxy groups -OCH3 is 2. The minimum atomic E-state index is -4.03. The van der Waals surface area contributed by atoms with Crippen molar-refractivity contribution in [2.24, 2.45) is 0 Å². The molecular formula is C22H24N4O7S. The quantitative estimate of drug-likeness (QED) is 0.508. The van der Waals surface area contributed by atoms with E-state index in [0.29, 0.717) is 40.9 Å². The first-order valence-electron chi connectivity index (χ1n) is 10.4. The van der Waals surface area contributed by atoms with Gasteiger partial charge in [-0.3, -0.25) is 14.4 Å². The summed E-state index contributed by atoms with van der Waals surface area (Å²) in [6.45, 7) is 3.35. The van der Waals surface area contributed by atoms with E-state index in [0.717, 1.165) is 0 Å². The topological polar surface area (TPSA) is 133 Å². The number of fused-ring (bicyclic) bond motifs is 1. The minimum absolute atomic E-state index is 0.00162. The van der Waals surface area contributed by atoms with Crippen molar-refractivity contribution in [3.63, 3.8) is 0 Å². The minimum Gasteiger partial charge on any atom is -0.497 e. The number of ether oxygens (including phenoxy) is 3. The molecule has 11 nitrogen and oxygen atoms in total. The number of benzene rings is 2. The van der Waals surface area contributed by atoms with Gasteiger partial charge in [0.1, 0.15) is 17.2 Å². The predicted molar refractivity (Wildman–Crippen MR) is 122 cm³/mol. The summed E-state index contributed by atoms with van der Waals surface area (Å²) in [6, 6.07) is 7.77. The molecule has 0 bridgehead atoms. The van der Waals surface area contributed by atoms with Crippen molar-refractivity contribution in [3.05, 3.63) is 47.6 Å². The second-order valence-corrected chi connectivity index (χ2v) is 9.13. The monoisotopic (exact) mass is 488 g/mol. The lowest BCUT2D eigenvalue weighted by molar-refractivity contribution is -0.121. The average molecular weight is 489 g/mol. The fraction of sp³-hybridized carbons (Fsp3) is 0.318. The summed E-state index contributed by atoms with van der Waals surface area (Å²) >= 11 is 0. The van der Waals surface area contributed by atoms with Crippen LogP contribution in [0.3, 0.4) is 0 Å². The lowest BCUT2D eigenvalue weighted by Gasteiger charge is -2.29. The van der Waals surface area contributed by atoms with Gasteiger partial charge in [-0.25, -0.2) is 8.42 Å². The number of anilines is 2. The fourth-order valence-electron chi connectivity index (χ4n) is 3.53. The Kier molecular flexibility index (Phi) is 6.33. The third-order valence-electron chi connectivity index (χ3n) is 5.25. The molecule has 1 N–H and O–H groups in total. The molecule has 2 heterocycles. The van der Waals surface area contributed by atoms with Crippen LogP contribution < -0.4 is 23.8 Å². The van der Waals surface area contributed by atoms with Gasteiger partial charge in [0.25, 0.3) is 15.9 Å². The smallest absolute Gasteiger partial charge is 0.265 e. The first-order chi connectivity index (χ1) is 16.2. The van der Waals surface area contributed by atoms with Crippen molar-refractivity contribution in [2.75, 3.05) is 30.4 Å². The van der Waals surface area contributed by atoms with Gasteiger partial charge in [0, 0.05) is 18.6 Å². The van der Waals surface area contributed by atoms with Gasteiger partial charge in [0.2, 0.25) is 5.89 Å². The van der Waals surface area contributed by atoms with Crippen molar-refractivity contribution in [2.45, 2.75) is 31.7 Å². The Hall–Kier alpha value is -3.80. The highest BCUT2D eigenvalue weighted by Crippen LogP contribution is 2.38. The van der Waals surface area contributed by atoms with Gasteiger partial charge in [-0.15, -0.1) is 0 Å². The molecule has 0 unspecified atom stereocenters. The van der Waals surface area contributed by atoms with Crippen LogP contribution in [0, 0.1) is 6.92 Å². The van der Waals surface area contributed by atoms with E-state index in [9.17, 15) is 13.2 Å². The summed E-state index contributed by atoms with van der Waals surface area (Å²) in [5.74, 6) is 1.56. The number of nitrogens with zero attached hydrogens (tertiary/aromatic N) is 3. The van der Waals surface area contributed by atoms with Gasteiger partial charge in [0.15, 0.2) is 12.4 Å². The van der Waals surface area contributed by atoms with Crippen LogP contribution in [-0.2, 0) is 27.8 Å². The van der Waals surface area contributed by atoms with Crippen molar-refractivity contribution in [1.29, 1.82) is 0 Å². The number of hydrogen-bond acceptors (Lipinski definition) is 9. The van der Waals surface area contributed by atoms with E-state index in [4.69, 9.17) is 18.7 Å². The molecule has 0 atom stereocenters. The Labute approximate surface area is 196 Å². The van der Waals surface area contributed by atoms with Crippen LogP contribution in [-0.4, -0.2) is 45.3 Å². The molecular weight excluding hydrogens is 464 g/mol. The molecule has 3 aromatic rings. The summed E-state index contributed by atoms with van der Waals surface area (Å²) in [5.41, 5.74) is 1.06. The van der Waals surface area contributed by atoms with E-state index < -0.39 is 10.0 Å². The molecule has 1 amide bonds. The van der Waals surface area contributed by atoms with Crippen molar-refractivity contribution < 1.29 is 31.9 Å². The number of rotatable bonds is 8. The molecule has 0 saturated heterocycles. The zero-order valence-electron chi connectivity index (χ0n) is 19.1. The molecule has 1 aromatic heterocycles. The second-order valence-electron chi connectivity index (χ2n) is 7.48. The highest BCUT2D eigenvalue weighted by molar-refractivity contribution is 7.92. The molecule has 180 valence electrons. The Balaban J connectivity index is 1.68. The first-order valence-corrected chi connectivity index (χ1v) is 11.9. The van der Waals surface area contributed by atoms with Gasteiger partial charge < -0.3 is 18.7 Å². The molecule has 0 saturated carbocycles. The number of aromatic nitrogens is 2. The molecule has 0 spiro atoms. The normalized spacial score (nSPS) is 13.3. The second kappa shape index (κ2) is 9.21. The average Bonchev–Trinajstić information content (AvgIpc) is 3.28. The van der Waals surface area contributed by atoms with Crippen LogP contribution >= 0.6 is 0 Å². The highest BCUT2D eigenvalue weighted by Gasteiger charge is 2.30. The number of carbonyl (C=O) groups is 1. The predicted octanol–water partition coefficient (Wildman–Crippen LogP) is 2.68. The largest absolute Gasteiger partial charge is 0.497 e. The lowest BCUT2D eigenvalue weighted by Crippen LogP contribution is -2.38. The van der Waals surface area contributed by atoms with E-state index in [-0.39, 0.29) is 35.4 Å². The molecule has 0 aliphatic carbocycles. The van der Waals surface area contributed by atoms with Crippen LogP contribution in [0.5, 0.6) is 17.2 Å². The number of nitrogens with one attached hydrogen (secondary N) is 1. The van der Waals surface area contributed by atoms with E-state index in [1.807, 2.05) is 6.92 Å². The molecule has 34 heavy (non-hydrogen) atoms. The maximum Gasteiger partial charge on any atom is 0.265 e. The van der Waals surface area contributed by atoms with Gasteiger partial charge in [-0.1, -0.05) is 12.1 Å². The van der Waals surface area contributed by atoms with Crippen LogP contribution in [0.25, 0.3) is 0 Å². The van der Waals surface area contributed by atoms with E-state index >= 15 is 0 Å². The molecule has 1 aliphatic heterocycles. The van der Waals surface area contributed by atoms with Gasteiger partial charge in [0.05, 0.1) is 37.0 Å². The number of amides is 1. The number of carbonyl (C=O) groups excluding carboxylic acids is 1. The molecule has 4 rings (SSSR count). The molecule has 0 radical (unpaired) electrons. The Morgan fingerprint density at radius 2 is 1.97 bits per heavy atom. The lowest BCUT2D eigenvalue weighted by atomic mass is 10.1. The third-order valence-corrected chi connectivity index (χ3v) is 6.76. The summed E-state index contributed by atoms with van der Waals surface area (Å²) in [5, 5.41) is 3.90. The SMILES string of the molecule is CCc1nc(CN2C(=O)COc3cc(S(=O)(=O)Nc4cc(OC)ccc4OC)c(C)cc32)no1. The van der Waals surface area contributed by atoms with Crippen LogP contribution in [0.4, 0.5) is 11.4 Å². The van der Waals surface area contributed by atoms with Crippen molar-refractivity contribution in [3.8, 4) is 17.2 Å². The van der Waals surface area contributed by atoms with Gasteiger partial charge in [-0.2, -0.15) is 4.98 Å². The van der Waals surface area contributed by atoms with Crippen LogP contribution in [0.1, 0.15) is 24.2 Å². The number of hydrogen-bond donors (Lipinski definition) is 1. The molecule has 1 aliphatic rings. The Morgan fingerprint density at radius 1 is 1.18 bits per heavy atom. The Bertz CT molecular complexity index is 1340. The molecule has 0 fully saturated rings. The first kappa shape index (κ1) is 23.4. The summed E-state index contributed by atoms with van der Waals surface area (Å²) in [7, 11) is -1.11. The third kappa shape index (κ3) is 4.49. The fourth-order valence-corrected chi connectivity index (χ4v) is 4.83. The summed E-state index contributed by atoms with van der Waals surface area (Å²) in [4.78, 5) is 18.3. The van der Waals surface area contributed by atoms with Crippen LogP contribution in [0.2, 0.25) is 0 Å². The summed E-state index contributed by atoms with van der Waals surface area (Å²) in [6.07, 6.45) is 0.575. The van der Waals surface area contributed by atoms with Crippen LogP contribution in [0.15, 0.2) is 39.8 Å².